The van der Waals surface area contributed by atoms with Crippen LogP contribution in [0.25, 0.3) is 6.08 Å². The van der Waals surface area contributed by atoms with Crippen molar-refractivity contribution in [1.82, 2.24) is 0 Å². The molecule has 0 atom stereocenters. The van der Waals surface area contributed by atoms with Gasteiger partial charge in [0.05, 0.1) is 17.0 Å². The third-order valence-electron chi connectivity index (χ3n) is 3.21. The zero-order chi connectivity index (χ0) is 19.8. The Morgan fingerprint density at radius 3 is 2.48 bits per heavy atom. The van der Waals surface area contributed by atoms with Crippen molar-refractivity contribution in [2.75, 3.05) is 13.7 Å². The van der Waals surface area contributed by atoms with Crippen LogP contribution in [0, 0.1) is 20.2 Å². The van der Waals surface area contributed by atoms with Crippen molar-refractivity contribution in [1.29, 1.82) is 0 Å². The van der Waals surface area contributed by atoms with Gasteiger partial charge in [-0.3, -0.25) is 20.2 Å². The van der Waals surface area contributed by atoms with Crippen LogP contribution in [-0.4, -0.2) is 29.5 Å². The maximum absolute atomic E-state index is 12.0. The van der Waals surface area contributed by atoms with Gasteiger partial charge in [-0.1, -0.05) is 18.2 Å². The molecular formula is C17H14N2O8. The molecule has 0 aliphatic rings. The lowest BCUT2D eigenvalue weighted by molar-refractivity contribution is -0.400. The highest BCUT2D eigenvalue weighted by Crippen LogP contribution is 2.29. The fourth-order valence-corrected chi connectivity index (χ4v) is 2.04. The number of methoxy groups -OCH3 is 1. The maximum atomic E-state index is 12.0. The summed E-state index contributed by atoms with van der Waals surface area (Å²) >= 11 is 0. The summed E-state index contributed by atoms with van der Waals surface area (Å²) in [5, 5.41) is 21.3. The Labute approximate surface area is 152 Å². The molecule has 0 fully saturated rings. The number of ether oxygens (including phenoxy) is 3. The number of carbonyl (C=O) groups is 1. The fourth-order valence-electron chi connectivity index (χ4n) is 2.04. The van der Waals surface area contributed by atoms with E-state index in [4.69, 9.17) is 14.2 Å². The van der Waals surface area contributed by atoms with Crippen LogP contribution in [0.15, 0.2) is 48.7 Å². The normalized spacial score (nSPS) is 10.4. The molecule has 140 valence electrons. The summed E-state index contributed by atoms with van der Waals surface area (Å²) in [5.74, 6) is -0.613. The maximum Gasteiger partial charge on any atom is 0.349 e. The minimum Gasteiger partial charge on any atom is -0.493 e. The molecule has 0 N–H and O–H groups in total. The Bertz CT molecular complexity index is 894. The first-order chi connectivity index (χ1) is 12.9. The number of hydrogen-bond acceptors (Lipinski definition) is 8. The highest BCUT2D eigenvalue weighted by molar-refractivity contribution is 5.75. The van der Waals surface area contributed by atoms with Crippen LogP contribution >= 0.6 is 0 Å². The van der Waals surface area contributed by atoms with E-state index in [1.807, 2.05) is 0 Å². The lowest BCUT2D eigenvalue weighted by Gasteiger charge is -2.10. The van der Waals surface area contributed by atoms with Gasteiger partial charge in [-0.2, -0.15) is 0 Å². The second-order valence-corrected chi connectivity index (χ2v) is 5.00. The minimum absolute atomic E-state index is 0.0633. The molecule has 0 unspecified atom stereocenters. The second kappa shape index (κ2) is 8.94. The lowest BCUT2D eigenvalue weighted by atomic mass is 10.2. The molecule has 2 rings (SSSR count). The number of carbonyl (C=O) groups excluding carboxylic acids is 1. The number of para-hydroxylation sites is 2. The van der Waals surface area contributed by atoms with Crippen LogP contribution in [-0.2, 0) is 4.79 Å². The molecule has 0 saturated heterocycles. The van der Waals surface area contributed by atoms with E-state index >= 15 is 0 Å². The molecular weight excluding hydrogens is 360 g/mol. The van der Waals surface area contributed by atoms with Crippen LogP contribution in [0.3, 0.4) is 0 Å². The first-order valence-electron chi connectivity index (χ1n) is 7.47. The molecule has 2 aromatic rings. The molecule has 0 aromatic heterocycles. The molecule has 27 heavy (non-hydrogen) atoms. The fraction of sp³-hybridized carbons (Fsp3) is 0.118. The van der Waals surface area contributed by atoms with Gasteiger partial charge in [-0.05, 0) is 23.8 Å². The summed E-state index contributed by atoms with van der Waals surface area (Å²) in [5.41, 5.74) is 0.198. The zero-order valence-electron chi connectivity index (χ0n) is 14.1. The Kier molecular flexibility index (Phi) is 6.42. The van der Waals surface area contributed by atoms with Crippen molar-refractivity contribution in [2.24, 2.45) is 0 Å². The van der Waals surface area contributed by atoms with Crippen molar-refractivity contribution in [3.8, 4) is 17.2 Å². The van der Waals surface area contributed by atoms with Crippen LogP contribution < -0.4 is 14.2 Å². The summed E-state index contributed by atoms with van der Waals surface area (Å²) in [6, 6.07) is 9.97. The first-order valence-corrected chi connectivity index (χ1v) is 7.47. The summed E-state index contributed by atoms with van der Waals surface area (Å²) in [7, 11) is 1.34. The molecule has 10 heteroatoms. The lowest BCUT2D eigenvalue weighted by Crippen LogP contribution is -2.18. The average molecular weight is 374 g/mol. The van der Waals surface area contributed by atoms with E-state index < -0.39 is 22.4 Å². The number of nitrogens with zero attached hydrogens (tertiary/aromatic N) is 2. The largest absolute Gasteiger partial charge is 0.493 e. The molecule has 0 aliphatic heterocycles. The summed E-state index contributed by atoms with van der Waals surface area (Å²) in [6.07, 6.45) is 2.02. The van der Waals surface area contributed by atoms with Gasteiger partial charge >= 0.3 is 11.7 Å². The molecule has 0 bridgehead atoms. The molecule has 10 nitrogen and oxygen atoms in total. The van der Waals surface area contributed by atoms with Gasteiger partial charge < -0.3 is 14.2 Å². The van der Waals surface area contributed by atoms with E-state index in [0.29, 0.717) is 5.56 Å². The van der Waals surface area contributed by atoms with Gasteiger partial charge in [0, 0.05) is 12.1 Å². The van der Waals surface area contributed by atoms with Crippen LogP contribution in [0.4, 0.5) is 5.69 Å². The SMILES string of the molecule is COc1cc(/C=C/[N+](=O)[O-])ccc1OC(=O)COc1ccccc1[N+](=O)[O-]. The predicted octanol–water partition coefficient (Wildman–Crippen LogP) is 2.84. The Morgan fingerprint density at radius 2 is 1.81 bits per heavy atom. The van der Waals surface area contributed by atoms with E-state index in [0.717, 1.165) is 6.20 Å². The van der Waals surface area contributed by atoms with Gasteiger partial charge in [-0.15, -0.1) is 0 Å². The standard InChI is InChI=1S/C17H14N2O8/c1-25-16-10-12(8-9-18(21)22)6-7-15(16)27-17(20)11-26-14-5-3-2-4-13(14)19(23)24/h2-10H,11H2,1H3/b9-8+. The number of rotatable bonds is 8. The van der Waals surface area contributed by atoms with Crippen molar-refractivity contribution < 1.29 is 28.9 Å². The summed E-state index contributed by atoms with van der Waals surface area (Å²) in [4.78, 5) is 32.0. The molecule has 0 amide bonds. The molecule has 0 radical (unpaired) electrons. The number of hydrogen-bond donors (Lipinski definition) is 0. The minimum atomic E-state index is -0.806. The monoisotopic (exact) mass is 374 g/mol. The second-order valence-electron chi connectivity index (χ2n) is 5.00. The number of nitro groups is 2. The molecule has 0 saturated carbocycles. The first kappa shape index (κ1) is 19.4. The average Bonchev–Trinajstić information content (AvgIpc) is 2.65. The number of benzene rings is 2. The summed E-state index contributed by atoms with van der Waals surface area (Å²) in [6.45, 7) is -0.559. The third kappa shape index (κ3) is 5.53. The van der Waals surface area contributed by atoms with Gasteiger partial charge in [0.1, 0.15) is 0 Å². The highest BCUT2D eigenvalue weighted by Gasteiger charge is 2.16. The van der Waals surface area contributed by atoms with Crippen LogP contribution in [0.2, 0.25) is 0 Å². The van der Waals surface area contributed by atoms with Crippen molar-refractivity contribution >= 4 is 17.7 Å². The van der Waals surface area contributed by atoms with E-state index in [1.54, 1.807) is 0 Å². The van der Waals surface area contributed by atoms with Gasteiger partial charge in [0.15, 0.2) is 23.9 Å². The number of nitro benzene ring substituents is 1. The molecule has 2 aromatic carbocycles. The highest BCUT2D eigenvalue weighted by atomic mass is 16.6. The van der Waals surface area contributed by atoms with E-state index in [2.05, 4.69) is 0 Å². The van der Waals surface area contributed by atoms with Crippen molar-refractivity contribution in [3.63, 3.8) is 0 Å². The topological polar surface area (TPSA) is 131 Å². The quantitative estimate of drug-likeness (QED) is 0.298. The van der Waals surface area contributed by atoms with Crippen molar-refractivity contribution in [2.45, 2.75) is 0 Å². The third-order valence-corrected chi connectivity index (χ3v) is 3.21. The molecule has 0 aliphatic carbocycles. The van der Waals surface area contributed by atoms with Gasteiger partial charge in [-0.25, -0.2) is 4.79 Å². The van der Waals surface area contributed by atoms with Crippen molar-refractivity contribution in [3.05, 3.63) is 74.5 Å². The Morgan fingerprint density at radius 1 is 1.07 bits per heavy atom. The van der Waals surface area contributed by atoms with Crippen LogP contribution in [0.1, 0.15) is 5.56 Å². The Hall–Kier alpha value is -3.95. The van der Waals surface area contributed by atoms with E-state index in [9.17, 15) is 25.0 Å². The zero-order valence-corrected chi connectivity index (χ0v) is 14.1. The predicted molar refractivity (Wildman–Crippen MR) is 93.2 cm³/mol. The van der Waals surface area contributed by atoms with E-state index in [-0.39, 0.29) is 22.9 Å². The molecule has 0 heterocycles. The summed E-state index contributed by atoms with van der Waals surface area (Å²) < 4.78 is 15.4. The van der Waals surface area contributed by atoms with Crippen LogP contribution in [0.5, 0.6) is 17.2 Å². The molecule has 0 spiro atoms. The Balaban J connectivity index is 2.05. The number of esters is 1. The smallest absolute Gasteiger partial charge is 0.349 e. The van der Waals surface area contributed by atoms with Gasteiger partial charge in [0.25, 0.3) is 0 Å². The van der Waals surface area contributed by atoms with E-state index in [1.165, 1.54) is 55.7 Å². The van der Waals surface area contributed by atoms with Gasteiger partial charge in [0.2, 0.25) is 6.20 Å².